The molecule has 0 atom stereocenters. The molecule has 3 rings (SSSR count). The van der Waals surface area contributed by atoms with Gasteiger partial charge in [0.25, 0.3) is 5.91 Å². The van der Waals surface area contributed by atoms with E-state index in [-0.39, 0.29) is 6.04 Å². The van der Waals surface area contributed by atoms with E-state index in [2.05, 4.69) is 17.4 Å². The van der Waals surface area contributed by atoms with Crippen molar-refractivity contribution in [3.63, 3.8) is 0 Å². The first kappa shape index (κ1) is 18.0. The van der Waals surface area contributed by atoms with Gasteiger partial charge in [0.15, 0.2) is 0 Å². The number of carbonyl (C=O) groups excluding carboxylic acids is 2. The lowest BCUT2D eigenvalue weighted by Gasteiger charge is -2.29. The van der Waals surface area contributed by atoms with E-state index in [9.17, 15) is 18.4 Å². The second-order valence-electron chi connectivity index (χ2n) is 6.48. The highest BCUT2D eigenvalue weighted by molar-refractivity contribution is 6.04. The van der Waals surface area contributed by atoms with Gasteiger partial charge in [-0.25, -0.2) is 13.6 Å². The van der Waals surface area contributed by atoms with Gasteiger partial charge in [0.1, 0.15) is 17.2 Å². The second kappa shape index (κ2) is 8.08. The Bertz CT molecular complexity index is 767. The number of halogens is 2. The number of hydrogen-bond donors (Lipinski definition) is 2. The van der Waals surface area contributed by atoms with Gasteiger partial charge >= 0.3 is 6.03 Å². The van der Waals surface area contributed by atoms with Crippen molar-refractivity contribution < 1.29 is 18.4 Å². The van der Waals surface area contributed by atoms with E-state index in [0.717, 1.165) is 43.9 Å². The predicted octanol–water partition coefficient (Wildman–Crippen LogP) is 4.13. The molecule has 0 aliphatic heterocycles. The van der Waals surface area contributed by atoms with E-state index in [1.54, 1.807) is 0 Å². The summed E-state index contributed by atoms with van der Waals surface area (Å²) in [7, 11) is 0. The van der Waals surface area contributed by atoms with Crippen LogP contribution in [0.25, 0.3) is 0 Å². The number of carbonyl (C=O) groups is 2. The van der Waals surface area contributed by atoms with E-state index in [1.807, 2.05) is 23.5 Å². The molecule has 3 amide bonds. The third-order valence-electron chi connectivity index (χ3n) is 4.75. The molecule has 2 aromatic rings. The summed E-state index contributed by atoms with van der Waals surface area (Å²) in [5, 5.41) is 4.71. The van der Waals surface area contributed by atoms with Gasteiger partial charge in [-0.3, -0.25) is 10.1 Å². The van der Waals surface area contributed by atoms with Gasteiger partial charge in [0.2, 0.25) is 0 Å². The van der Waals surface area contributed by atoms with E-state index < -0.39 is 29.1 Å². The molecule has 2 aromatic carbocycles. The van der Waals surface area contributed by atoms with Crippen LogP contribution in [0.4, 0.5) is 13.6 Å². The minimum Gasteiger partial charge on any atom is -0.335 e. The van der Waals surface area contributed by atoms with Gasteiger partial charge in [-0.1, -0.05) is 36.4 Å². The molecule has 0 bridgehead atoms. The number of imide groups is 1. The average Bonchev–Trinajstić information content (AvgIpc) is 2.63. The third kappa shape index (κ3) is 4.25. The van der Waals surface area contributed by atoms with Gasteiger partial charge in [-0.2, -0.15) is 0 Å². The van der Waals surface area contributed by atoms with Crippen molar-refractivity contribution in [3.05, 3.63) is 71.3 Å². The fraction of sp³-hybridized carbons (Fsp3) is 0.300. The average molecular weight is 358 g/mol. The maximum Gasteiger partial charge on any atom is 0.321 e. The molecule has 26 heavy (non-hydrogen) atoms. The van der Waals surface area contributed by atoms with Crippen LogP contribution in [0, 0.1) is 11.6 Å². The third-order valence-corrected chi connectivity index (χ3v) is 4.75. The molecule has 0 aromatic heterocycles. The molecule has 1 fully saturated rings. The Morgan fingerprint density at radius 3 is 2.08 bits per heavy atom. The van der Waals surface area contributed by atoms with Crippen LogP contribution in [0.1, 0.15) is 47.5 Å². The lowest BCUT2D eigenvalue weighted by atomic mass is 9.82. The van der Waals surface area contributed by atoms with Gasteiger partial charge in [0, 0.05) is 6.04 Å². The first-order valence-electron chi connectivity index (χ1n) is 8.65. The zero-order valence-electron chi connectivity index (χ0n) is 14.2. The van der Waals surface area contributed by atoms with Gasteiger partial charge < -0.3 is 5.32 Å². The summed E-state index contributed by atoms with van der Waals surface area (Å²) < 4.78 is 27.2. The normalized spacial score (nSPS) is 19.6. The van der Waals surface area contributed by atoms with E-state index >= 15 is 0 Å². The Hall–Kier alpha value is -2.76. The summed E-state index contributed by atoms with van der Waals surface area (Å²) in [6.07, 6.45) is 3.44. The van der Waals surface area contributed by atoms with Crippen LogP contribution in [0.5, 0.6) is 0 Å². The topological polar surface area (TPSA) is 58.2 Å². The van der Waals surface area contributed by atoms with Crippen molar-refractivity contribution in [3.8, 4) is 0 Å². The molecule has 4 nitrogen and oxygen atoms in total. The molecule has 1 aliphatic carbocycles. The fourth-order valence-electron chi connectivity index (χ4n) is 3.40. The lowest BCUT2D eigenvalue weighted by Crippen LogP contribution is -2.46. The SMILES string of the molecule is O=C(NC(=O)c1c(F)cccc1F)NC1CCC(c2ccccc2)CC1. The first-order chi connectivity index (χ1) is 12.5. The van der Waals surface area contributed by atoms with Crippen molar-refractivity contribution in [2.45, 2.75) is 37.6 Å². The predicted molar refractivity (Wildman–Crippen MR) is 93.8 cm³/mol. The van der Waals surface area contributed by atoms with Gasteiger partial charge in [-0.15, -0.1) is 0 Å². The molecule has 1 saturated carbocycles. The standard InChI is InChI=1S/C20H20F2N2O2/c21-16-7-4-8-17(22)18(16)19(25)24-20(26)23-15-11-9-14(10-12-15)13-5-2-1-3-6-13/h1-8,14-15H,9-12H2,(H2,23,24,25,26). The maximum absolute atomic E-state index is 13.6. The Labute approximate surface area is 150 Å². The molecule has 6 heteroatoms. The molecule has 0 heterocycles. The van der Waals surface area contributed by atoms with Crippen LogP contribution in [0.2, 0.25) is 0 Å². The minimum atomic E-state index is -1.09. The maximum atomic E-state index is 13.6. The molecule has 0 spiro atoms. The zero-order valence-corrected chi connectivity index (χ0v) is 14.2. The fourth-order valence-corrected chi connectivity index (χ4v) is 3.40. The van der Waals surface area contributed by atoms with Gasteiger partial charge in [0.05, 0.1) is 0 Å². The van der Waals surface area contributed by atoms with Gasteiger partial charge in [-0.05, 0) is 49.3 Å². The number of rotatable bonds is 3. The van der Waals surface area contributed by atoms with Crippen LogP contribution in [0.15, 0.2) is 48.5 Å². The Kier molecular flexibility index (Phi) is 5.61. The highest BCUT2D eigenvalue weighted by atomic mass is 19.1. The number of hydrogen-bond acceptors (Lipinski definition) is 2. The molecular formula is C20H20F2N2O2. The summed E-state index contributed by atoms with van der Waals surface area (Å²) >= 11 is 0. The Balaban J connectivity index is 1.51. The van der Waals surface area contributed by atoms with Crippen LogP contribution < -0.4 is 10.6 Å². The highest BCUT2D eigenvalue weighted by Crippen LogP contribution is 2.32. The monoisotopic (exact) mass is 358 g/mol. The van der Waals surface area contributed by atoms with Crippen LogP contribution >= 0.6 is 0 Å². The van der Waals surface area contributed by atoms with E-state index in [4.69, 9.17) is 0 Å². The number of amides is 3. The number of benzene rings is 2. The highest BCUT2D eigenvalue weighted by Gasteiger charge is 2.25. The van der Waals surface area contributed by atoms with Crippen LogP contribution in [-0.4, -0.2) is 18.0 Å². The minimum absolute atomic E-state index is 0.0618. The number of urea groups is 1. The van der Waals surface area contributed by atoms with Crippen molar-refractivity contribution >= 4 is 11.9 Å². The molecule has 0 saturated heterocycles. The van der Waals surface area contributed by atoms with Crippen LogP contribution in [-0.2, 0) is 0 Å². The van der Waals surface area contributed by atoms with Crippen LogP contribution in [0.3, 0.4) is 0 Å². The Morgan fingerprint density at radius 1 is 0.846 bits per heavy atom. The first-order valence-corrected chi connectivity index (χ1v) is 8.65. The molecule has 2 N–H and O–H groups in total. The summed E-state index contributed by atoms with van der Waals surface area (Å²) in [5.74, 6) is -2.63. The van der Waals surface area contributed by atoms with Crippen molar-refractivity contribution in [1.29, 1.82) is 0 Å². The molecular weight excluding hydrogens is 338 g/mol. The Morgan fingerprint density at radius 2 is 1.46 bits per heavy atom. The largest absolute Gasteiger partial charge is 0.335 e. The summed E-state index contributed by atoms with van der Waals surface area (Å²) in [4.78, 5) is 23.9. The second-order valence-corrected chi connectivity index (χ2v) is 6.48. The molecule has 0 unspecified atom stereocenters. The van der Waals surface area contributed by atoms with Crippen molar-refractivity contribution in [2.75, 3.05) is 0 Å². The summed E-state index contributed by atoms with van der Waals surface area (Å²) in [5.41, 5.74) is 0.538. The van der Waals surface area contributed by atoms with Crippen molar-refractivity contribution in [1.82, 2.24) is 10.6 Å². The van der Waals surface area contributed by atoms with E-state index in [0.29, 0.717) is 5.92 Å². The zero-order chi connectivity index (χ0) is 18.5. The van der Waals surface area contributed by atoms with Crippen molar-refractivity contribution in [2.24, 2.45) is 0 Å². The van der Waals surface area contributed by atoms with E-state index in [1.165, 1.54) is 5.56 Å². The number of nitrogens with one attached hydrogen (secondary N) is 2. The summed E-state index contributed by atoms with van der Waals surface area (Å²) in [6.45, 7) is 0. The molecule has 136 valence electrons. The quantitative estimate of drug-likeness (QED) is 0.867. The smallest absolute Gasteiger partial charge is 0.321 e. The lowest BCUT2D eigenvalue weighted by molar-refractivity contribution is 0.0954. The molecule has 0 radical (unpaired) electrons. The molecule has 1 aliphatic rings. The summed E-state index contributed by atoms with van der Waals surface area (Å²) in [6, 6.07) is 12.5.